The number of halogens is 4. The highest BCUT2D eigenvalue weighted by Crippen LogP contribution is 2.37. The summed E-state index contributed by atoms with van der Waals surface area (Å²) in [4.78, 5) is 36.3. The van der Waals surface area contributed by atoms with Crippen LogP contribution in [0, 0.1) is 5.82 Å². The number of rotatable bonds is 11. The van der Waals surface area contributed by atoms with Crippen LogP contribution in [0.3, 0.4) is 0 Å². The van der Waals surface area contributed by atoms with Crippen molar-refractivity contribution in [1.82, 2.24) is 20.1 Å². The molecule has 2 aliphatic heterocycles. The molecule has 0 aliphatic carbocycles. The molecular formula is C42H43F4N5O4. The van der Waals surface area contributed by atoms with E-state index in [-0.39, 0.29) is 42.9 Å². The summed E-state index contributed by atoms with van der Waals surface area (Å²) in [6, 6.07) is 16.7. The molecule has 13 heteroatoms. The zero-order valence-electron chi connectivity index (χ0n) is 30.7. The third-order valence-electron chi connectivity index (χ3n) is 10.5. The number of pyridine rings is 1. The Kier molecular flexibility index (Phi) is 11.1. The molecule has 0 bridgehead atoms. The Morgan fingerprint density at radius 1 is 0.964 bits per heavy atom. The average molecular weight is 758 g/mol. The van der Waals surface area contributed by atoms with Gasteiger partial charge in [-0.15, -0.1) is 0 Å². The predicted octanol–water partition coefficient (Wildman–Crippen LogP) is 7.04. The fourth-order valence-corrected chi connectivity index (χ4v) is 7.94. The number of hydrogen-bond acceptors (Lipinski definition) is 7. The molecule has 2 aliphatic rings. The van der Waals surface area contributed by atoms with Crippen molar-refractivity contribution >= 4 is 39.1 Å². The molecule has 2 saturated heterocycles. The minimum Gasteiger partial charge on any atom is -0.480 e. The third-order valence-corrected chi connectivity index (χ3v) is 10.5. The number of fused-ring (bicyclic) bond motifs is 2. The lowest BCUT2D eigenvalue weighted by atomic mass is 9.90. The Morgan fingerprint density at radius 3 is 2.47 bits per heavy atom. The van der Waals surface area contributed by atoms with Crippen LogP contribution in [0.15, 0.2) is 79.1 Å². The fourth-order valence-electron chi connectivity index (χ4n) is 7.94. The molecular weight excluding hydrogens is 714 g/mol. The van der Waals surface area contributed by atoms with Crippen LogP contribution in [0.1, 0.15) is 39.9 Å². The average Bonchev–Trinajstić information content (AvgIpc) is 3.66. The normalized spacial score (nSPS) is 17.3. The van der Waals surface area contributed by atoms with Gasteiger partial charge in [-0.1, -0.05) is 36.4 Å². The lowest BCUT2D eigenvalue weighted by Crippen LogP contribution is -2.53. The maximum absolute atomic E-state index is 16.1. The minimum atomic E-state index is -4.62. The molecule has 1 aromatic heterocycles. The number of anilines is 1. The number of morpholine rings is 1. The highest BCUT2D eigenvalue weighted by Gasteiger charge is 2.46. The maximum atomic E-state index is 16.1. The van der Waals surface area contributed by atoms with Crippen molar-refractivity contribution in [3.63, 3.8) is 0 Å². The number of carboxylic acid groups (broad SMARTS) is 1. The molecule has 7 rings (SSSR count). The SMILES string of the molecule is CN(C)Cc1cc(-c2cccc3c(C[C@H](NC(=O)c4c(F)cc(N5CCOC[C@@H]5C(F)(F)F)cc4CN4CCCC4)C(=O)O)cccc23)c2cnccc2c1. The standard InChI is InChI=1S/C42H43F4N5O4/c1-49(2)23-26-17-28-11-12-47-22-35(28)34(18-26)33-10-6-8-31-27(7-5-9-32(31)33)20-37(41(53)54)48-40(52)39-29(24-50-13-3-4-14-50)19-30(21-36(39)43)51-15-16-55-25-38(51)42(44,45)46/h5-12,17-19,21-22,37-38H,3-4,13-16,20,23-25H2,1-2H3,(H,48,52)(H,53,54)/t37-,38+/m0/s1. The molecule has 55 heavy (non-hydrogen) atoms. The van der Waals surface area contributed by atoms with E-state index >= 15 is 4.39 Å². The number of carboxylic acids is 1. The molecule has 4 aromatic carbocycles. The van der Waals surface area contributed by atoms with Gasteiger partial charge in [0.2, 0.25) is 0 Å². The molecule has 2 N–H and O–H groups in total. The number of nitrogens with one attached hydrogen (secondary N) is 1. The minimum absolute atomic E-state index is 0.00831. The number of carbonyl (C=O) groups is 2. The summed E-state index contributed by atoms with van der Waals surface area (Å²) < 4.78 is 63.2. The van der Waals surface area contributed by atoms with Gasteiger partial charge in [0, 0.05) is 49.5 Å². The quantitative estimate of drug-likeness (QED) is 0.139. The van der Waals surface area contributed by atoms with Gasteiger partial charge in [0.25, 0.3) is 5.91 Å². The van der Waals surface area contributed by atoms with E-state index in [0.29, 0.717) is 18.7 Å². The summed E-state index contributed by atoms with van der Waals surface area (Å²) in [6.45, 7) is 1.54. The molecule has 0 radical (unpaired) electrons. The van der Waals surface area contributed by atoms with E-state index in [1.165, 1.54) is 6.07 Å². The number of carbonyl (C=O) groups excluding carboxylic acids is 1. The molecule has 0 spiro atoms. The fraction of sp³-hybridized carbons (Fsp3) is 0.357. The summed E-state index contributed by atoms with van der Waals surface area (Å²) in [5.74, 6) is -3.28. The van der Waals surface area contributed by atoms with Gasteiger partial charge in [-0.2, -0.15) is 13.2 Å². The number of amides is 1. The van der Waals surface area contributed by atoms with E-state index in [2.05, 4.69) is 27.3 Å². The third kappa shape index (κ3) is 8.29. The zero-order chi connectivity index (χ0) is 38.9. The van der Waals surface area contributed by atoms with Crippen molar-refractivity contribution < 1.29 is 37.0 Å². The van der Waals surface area contributed by atoms with Crippen molar-refractivity contribution in [3.05, 3.63) is 107 Å². The van der Waals surface area contributed by atoms with Gasteiger partial charge < -0.3 is 25.0 Å². The van der Waals surface area contributed by atoms with Crippen LogP contribution in [-0.4, -0.2) is 97.0 Å². The predicted molar refractivity (Wildman–Crippen MR) is 204 cm³/mol. The van der Waals surface area contributed by atoms with Crippen molar-refractivity contribution in [2.75, 3.05) is 51.8 Å². The molecule has 1 amide bonds. The number of aromatic nitrogens is 1. The summed E-state index contributed by atoms with van der Waals surface area (Å²) in [5.41, 5.74) is 3.52. The first-order valence-electron chi connectivity index (χ1n) is 18.4. The first kappa shape index (κ1) is 38.2. The second-order valence-corrected chi connectivity index (χ2v) is 14.6. The molecule has 288 valence electrons. The van der Waals surface area contributed by atoms with Gasteiger partial charge in [0.05, 0.1) is 18.8 Å². The van der Waals surface area contributed by atoms with E-state index in [9.17, 15) is 27.9 Å². The van der Waals surface area contributed by atoms with Crippen molar-refractivity contribution in [3.8, 4) is 11.1 Å². The number of nitrogens with zero attached hydrogens (tertiary/aromatic N) is 4. The van der Waals surface area contributed by atoms with Crippen molar-refractivity contribution in [2.24, 2.45) is 0 Å². The highest BCUT2D eigenvalue weighted by atomic mass is 19.4. The van der Waals surface area contributed by atoms with E-state index < -0.39 is 42.6 Å². The first-order valence-corrected chi connectivity index (χ1v) is 18.4. The molecule has 0 unspecified atom stereocenters. The topological polar surface area (TPSA) is 98.2 Å². The zero-order valence-corrected chi connectivity index (χ0v) is 30.7. The smallest absolute Gasteiger partial charge is 0.411 e. The van der Waals surface area contributed by atoms with Crippen LogP contribution in [0.25, 0.3) is 32.7 Å². The Balaban J connectivity index is 1.22. The van der Waals surface area contributed by atoms with E-state index in [1.54, 1.807) is 6.20 Å². The summed E-state index contributed by atoms with van der Waals surface area (Å²) >= 11 is 0. The van der Waals surface area contributed by atoms with Crippen molar-refractivity contribution in [2.45, 2.75) is 50.6 Å². The van der Waals surface area contributed by atoms with Crippen LogP contribution < -0.4 is 10.2 Å². The Morgan fingerprint density at radius 2 is 1.73 bits per heavy atom. The molecule has 0 saturated carbocycles. The van der Waals surface area contributed by atoms with Gasteiger partial charge in [-0.25, -0.2) is 9.18 Å². The maximum Gasteiger partial charge on any atom is 0.411 e. The van der Waals surface area contributed by atoms with Crippen LogP contribution in [-0.2, 0) is 29.0 Å². The molecule has 5 aromatic rings. The first-order chi connectivity index (χ1) is 26.4. The monoisotopic (exact) mass is 757 g/mol. The van der Waals surface area contributed by atoms with E-state index in [1.807, 2.05) is 67.7 Å². The summed E-state index contributed by atoms with van der Waals surface area (Å²) in [7, 11) is 4.02. The molecule has 9 nitrogen and oxygen atoms in total. The van der Waals surface area contributed by atoms with Crippen molar-refractivity contribution in [1.29, 1.82) is 0 Å². The van der Waals surface area contributed by atoms with Crippen LogP contribution in [0.2, 0.25) is 0 Å². The second kappa shape index (κ2) is 15.9. The number of likely N-dealkylation sites (tertiary alicyclic amines) is 1. The van der Waals surface area contributed by atoms with Gasteiger partial charge in [0.15, 0.2) is 0 Å². The van der Waals surface area contributed by atoms with Crippen LogP contribution in [0.4, 0.5) is 23.2 Å². The highest BCUT2D eigenvalue weighted by molar-refractivity contribution is 6.06. The van der Waals surface area contributed by atoms with Crippen LogP contribution in [0.5, 0.6) is 0 Å². The lowest BCUT2D eigenvalue weighted by molar-refractivity contribution is -0.167. The number of aliphatic carboxylic acids is 1. The van der Waals surface area contributed by atoms with Crippen LogP contribution >= 0.6 is 0 Å². The molecule has 3 heterocycles. The number of benzene rings is 4. The number of ether oxygens (including phenoxy) is 1. The molecule has 2 atom stereocenters. The Hall–Kier alpha value is -5.11. The Bertz CT molecular complexity index is 2220. The largest absolute Gasteiger partial charge is 0.480 e. The van der Waals surface area contributed by atoms with Gasteiger partial charge in [-0.05, 0) is 114 Å². The van der Waals surface area contributed by atoms with Gasteiger partial charge in [-0.3, -0.25) is 14.7 Å². The number of hydrogen-bond donors (Lipinski definition) is 2. The molecule has 2 fully saturated rings. The van der Waals surface area contributed by atoms with E-state index in [0.717, 1.165) is 68.6 Å². The number of alkyl halides is 3. The van der Waals surface area contributed by atoms with E-state index in [4.69, 9.17) is 4.74 Å². The summed E-state index contributed by atoms with van der Waals surface area (Å²) in [6.07, 6.45) is 0.656. The van der Waals surface area contributed by atoms with Gasteiger partial charge in [0.1, 0.15) is 17.9 Å². The Labute approximate surface area is 316 Å². The second-order valence-electron chi connectivity index (χ2n) is 14.6. The van der Waals surface area contributed by atoms with Gasteiger partial charge >= 0.3 is 12.1 Å². The summed E-state index contributed by atoms with van der Waals surface area (Å²) in [5, 5.41) is 16.6. The lowest BCUT2D eigenvalue weighted by Gasteiger charge is -2.38.